The van der Waals surface area contributed by atoms with Crippen molar-refractivity contribution in [2.75, 3.05) is 0 Å². The van der Waals surface area contributed by atoms with Crippen LogP contribution in [0.15, 0.2) is 12.3 Å². The smallest absolute Gasteiger partial charge is 0.247 e. The summed E-state index contributed by atoms with van der Waals surface area (Å²) in [6, 6.07) is 2.67. The zero-order valence-electron chi connectivity index (χ0n) is 6.24. The number of hydrogen-bond acceptors (Lipinski definition) is 1. The van der Waals surface area contributed by atoms with Gasteiger partial charge in [-0.3, -0.25) is 0 Å². The van der Waals surface area contributed by atoms with Crippen molar-refractivity contribution in [2.45, 2.75) is 32.0 Å². The van der Waals surface area contributed by atoms with E-state index >= 15 is 0 Å². The Hall–Kier alpha value is -0.243. The molecule has 0 saturated carbocycles. The molecule has 0 atom stereocenters. The minimum Gasteiger partial charge on any atom is -0.548 e. The van der Waals surface area contributed by atoms with Gasteiger partial charge in [0, 0.05) is 0 Å². The van der Waals surface area contributed by atoms with E-state index in [4.69, 9.17) is 4.43 Å². The third kappa shape index (κ3) is 1.58. The largest absolute Gasteiger partial charge is 0.548 e. The van der Waals surface area contributed by atoms with E-state index < -0.39 is 8.32 Å². The van der Waals surface area contributed by atoms with Crippen LogP contribution in [-0.2, 0) is 4.43 Å². The first-order valence-corrected chi connectivity index (χ1v) is 6.29. The molecule has 1 nitrogen and oxygen atoms in total. The Morgan fingerprint density at radius 2 is 2.11 bits per heavy atom. The van der Waals surface area contributed by atoms with E-state index in [1.54, 1.807) is 0 Å². The SMILES string of the molecule is C=C(C)O[Si]1(C)CCC1. The van der Waals surface area contributed by atoms with Crippen LogP contribution >= 0.6 is 0 Å². The van der Waals surface area contributed by atoms with E-state index in [1.807, 2.05) is 6.92 Å². The summed E-state index contributed by atoms with van der Waals surface area (Å²) in [6.07, 6.45) is 1.37. The van der Waals surface area contributed by atoms with Gasteiger partial charge in [0.25, 0.3) is 0 Å². The molecule has 0 N–H and O–H groups in total. The van der Waals surface area contributed by atoms with Crippen molar-refractivity contribution in [1.82, 2.24) is 0 Å². The van der Waals surface area contributed by atoms with E-state index in [1.165, 1.54) is 18.5 Å². The Labute approximate surface area is 57.9 Å². The summed E-state index contributed by atoms with van der Waals surface area (Å²) in [5, 5.41) is 0. The Balaban J connectivity index is 2.33. The molecule has 1 aliphatic rings. The first-order valence-electron chi connectivity index (χ1n) is 3.47. The maximum atomic E-state index is 5.62. The Kier molecular flexibility index (Phi) is 1.66. The summed E-state index contributed by atoms with van der Waals surface area (Å²) in [7, 11) is -1.16. The van der Waals surface area contributed by atoms with Crippen LogP contribution in [0.1, 0.15) is 13.3 Å². The molecule has 0 radical (unpaired) electrons. The molecule has 9 heavy (non-hydrogen) atoms. The fourth-order valence-electron chi connectivity index (χ4n) is 1.20. The van der Waals surface area contributed by atoms with Crippen molar-refractivity contribution in [3.63, 3.8) is 0 Å². The summed E-state index contributed by atoms with van der Waals surface area (Å²) < 4.78 is 5.62. The molecule has 1 saturated heterocycles. The first kappa shape index (κ1) is 6.87. The molecule has 0 amide bonds. The van der Waals surface area contributed by atoms with Gasteiger partial charge in [-0.25, -0.2) is 0 Å². The molecule has 0 aromatic rings. The first-order chi connectivity index (χ1) is 4.12. The minimum atomic E-state index is -1.16. The molecular weight excluding hydrogens is 128 g/mol. The Bertz CT molecular complexity index is 127. The molecule has 1 aliphatic heterocycles. The van der Waals surface area contributed by atoms with Crippen molar-refractivity contribution in [2.24, 2.45) is 0 Å². The highest BCUT2D eigenvalue weighted by atomic mass is 28.4. The van der Waals surface area contributed by atoms with Crippen LogP contribution in [0, 0.1) is 0 Å². The van der Waals surface area contributed by atoms with E-state index in [-0.39, 0.29) is 0 Å². The van der Waals surface area contributed by atoms with E-state index in [0.717, 1.165) is 5.76 Å². The lowest BCUT2D eigenvalue weighted by Gasteiger charge is -2.35. The quantitative estimate of drug-likeness (QED) is 0.425. The fraction of sp³-hybridized carbons (Fsp3) is 0.714. The summed E-state index contributed by atoms with van der Waals surface area (Å²) in [4.78, 5) is 0. The summed E-state index contributed by atoms with van der Waals surface area (Å²) in [5.41, 5.74) is 0. The van der Waals surface area contributed by atoms with Crippen LogP contribution in [0.4, 0.5) is 0 Å². The molecule has 2 heteroatoms. The van der Waals surface area contributed by atoms with Crippen molar-refractivity contribution < 1.29 is 4.43 Å². The van der Waals surface area contributed by atoms with Crippen LogP contribution in [0.3, 0.4) is 0 Å². The fourth-order valence-corrected chi connectivity index (χ4v) is 3.59. The molecule has 1 rings (SSSR count). The minimum absolute atomic E-state index is 0.906. The third-order valence-electron chi connectivity index (χ3n) is 1.83. The van der Waals surface area contributed by atoms with Crippen molar-refractivity contribution in [3.05, 3.63) is 12.3 Å². The third-order valence-corrected chi connectivity index (χ3v) is 5.50. The highest BCUT2D eigenvalue weighted by Crippen LogP contribution is 2.34. The van der Waals surface area contributed by atoms with Gasteiger partial charge in [-0.2, -0.15) is 0 Å². The molecule has 52 valence electrons. The topological polar surface area (TPSA) is 9.23 Å². The van der Waals surface area contributed by atoms with E-state index in [0.29, 0.717) is 0 Å². The normalized spacial score (nSPS) is 22.4. The number of hydrogen-bond donors (Lipinski definition) is 0. The molecule has 0 unspecified atom stereocenters. The van der Waals surface area contributed by atoms with Gasteiger partial charge in [0.2, 0.25) is 8.32 Å². The van der Waals surface area contributed by atoms with Crippen molar-refractivity contribution in [1.29, 1.82) is 0 Å². The lowest BCUT2D eigenvalue weighted by atomic mass is 10.5. The second-order valence-corrected chi connectivity index (χ2v) is 7.21. The van der Waals surface area contributed by atoms with Gasteiger partial charge in [0.15, 0.2) is 0 Å². The van der Waals surface area contributed by atoms with Crippen molar-refractivity contribution in [3.8, 4) is 0 Å². The Morgan fingerprint density at radius 1 is 1.56 bits per heavy atom. The van der Waals surface area contributed by atoms with Crippen LogP contribution in [0.5, 0.6) is 0 Å². The molecule has 0 aliphatic carbocycles. The maximum absolute atomic E-state index is 5.62. The van der Waals surface area contributed by atoms with Crippen LogP contribution in [-0.4, -0.2) is 8.32 Å². The summed E-state index contributed by atoms with van der Waals surface area (Å²) in [6.45, 7) is 7.96. The predicted molar refractivity (Wildman–Crippen MR) is 41.7 cm³/mol. The average molecular weight is 142 g/mol. The summed E-state index contributed by atoms with van der Waals surface area (Å²) in [5.74, 6) is 0.906. The van der Waals surface area contributed by atoms with E-state index in [9.17, 15) is 0 Å². The van der Waals surface area contributed by atoms with Gasteiger partial charge in [-0.1, -0.05) is 13.0 Å². The predicted octanol–water partition coefficient (Wildman–Crippen LogP) is 2.52. The number of rotatable bonds is 2. The monoisotopic (exact) mass is 142 g/mol. The zero-order chi connectivity index (χ0) is 6.91. The molecule has 1 heterocycles. The second kappa shape index (κ2) is 2.18. The summed E-state index contributed by atoms with van der Waals surface area (Å²) >= 11 is 0. The molecule has 0 aromatic carbocycles. The maximum Gasteiger partial charge on any atom is 0.247 e. The Morgan fingerprint density at radius 3 is 2.22 bits per heavy atom. The zero-order valence-corrected chi connectivity index (χ0v) is 7.24. The van der Waals surface area contributed by atoms with Gasteiger partial charge in [-0.15, -0.1) is 0 Å². The lowest BCUT2D eigenvalue weighted by Crippen LogP contribution is -2.40. The molecular formula is C7H14OSi. The molecule has 0 aromatic heterocycles. The highest BCUT2D eigenvalue weighted by Gasteiger charge is 2.37. The van der Waals surface area contributed by atoms with Gasteiger partial charge < -0.3 is 4.43 Å². The molecule has 0 bridgehead atoms. The highest BCUT2D eigenvalue weighted by molar-refractivity contribution is 6.75. The van der Waals surface area contributed by atoms with Gasteiger partial charge in [-0.05, 0) is 25.6 Å². The van der Waals surface area contributed by atoms with Crippen molar-refractivity contribution >= 4 is 8.32 Å². The van der Waals surface area contributed by atoms with Gasteiger partial charge in [0.1, 0.15) is 0 Å². The molecule has 0 spiro atoms. The van der Waals surface area contributed by atoms with Gasteiger partial charge >= 0.3 is 0 Å². The van der Waals surface area contributed by atoms with Gasteiger partial charge in [0.05, 0.1) is 5.76 Å². The molecule has 1 fully saturated rings. The van der Waals surface area contributed by atoms with Crippen LogP contribution in [0.25, 0.3) is 0 Å². The number of allylic oxidation sites excluding steroid dienone is 1. The van der Waals surface area contributed by atoms with E-state index in [2.05, 4.69) is 13.1 Å². The van der Waals surface area contributed by atoms with Crippen LogP contribution in [0.2, 0.25) is 18.6 Å². The lowest BCUT2D eigenvalue weighted by molar-refractivity contribution is 0.394. The van der Waals surface area contributed by atoms with Crippen LogP contribution < -0.4 is 0 Å². The average Bonchev–Trinajstić information content (AvgIpc) is 1.60. The standard InChI is InChI=1S/C7H14OSi/c1-7(2)8-9(3)5-4-6-9/h1,4-6H2,2-3H3. The second-order valence-electron chi connectivity index (χ2n) is 3.11.